The fraction of sp³-hybridized carbons (Fsp3) is 0.333. The Hall–Kier alpha value is -0.820. The van der Waals surface area contributed by atoms with E-state index in [0.717, 1.165) is 8.96 Å². The van der Waals surface area contributed by atoms with E-state index in [1.807, 2.05) is 20.8 Å². The molecule has 2 aromatic heterocycles. The van der Waals surface area contributed by atoms with Crippen molar-refractivity contribution < 1.29 is 9.53 Å². The zero-order valence-electron chi connectivity index (χ0n) is 10.2. The second-order valence-electron chi connectivity index (χ2n) is 4.82. The van der Waals surface area contributed by atoms with Crippen LogP contribution in [0, 0.1) is 3.57 Å². The van der Waals surface area contributed by atoms with Crippen molar-refractivity contribution in [2.75, 3.05) is 0 Å². The van der Waals surface area contributed by atoms with E-state index in [1.165, 1.54) is 10.8 Å². The molecule has 0 aliphatic carbocycles. The van der Waals surface area contributed by atoms with Crippen LogP contribution in [0.2, 0.25) is 5.02 Å². The highest BCUT2D eigenvalue weighted by Crippen LogP contribution is 2.26. The van der Waals surface area contributed by atoms with E-state index in [4.69, 9.17) is 16.3 Å². The molecular weight excluding hydrogens is 367 g/mol. The van der Waals surface area contributed by atoms with Gasteiger partial charge in [0.15, 0.2) is 5.65 Å². The summed E-state index contributed by atoms with van der Waals surface area (Å²) in [5.41, 5.74) is 0.0193. The summed E-state index contributed by atoms with van der Waals surface area (Å²) < 4.78 is 7.57. The van der Waals surface area contributed by atoms with Crippen molar-refractivity contribution in [1.82, 2.24) is 9.55 Å². The predicted molar refractivity (Wildman–Crippen MR) is 79.1 cm³/mol. The molecule has 0 bridgehead atoms. The molecule has 0 spiro atoms. The monoisotopic (exact) mass is 378 g/mol. The van der Waals surface area contributed by atoms with Gasteiger partial charge in [0.25, 0.3) is 0 Å². The van der Waals surface area contributed by atoms with E-state index in [2.05, 4.69) is 27.6 Å². The summed E-state index contributed by atoms with van der Waals surface area (Å²) >= 11 is 8.12. The second kappa shape index (κ2) is 4.70. The minimum absolute atomic E-state index is 0.442. The van der Waals surface area contributed by atoms with Gasteiger partial charge in [0.05, 0.1) is 5.02 Å². The molecule has 0 radical (unpaired) electrons. The minimum atomic E-state index is -0.534. The zero-order valence-corrected chi connectivity index (χ0v) is 13.1. The Morgan fingerprint density at radius 3 is 2.78 bits per heavy atom. The average molecular weight is 379 g/mol. The molecule has 0 unspecified atom stereocenters. The van der Waals surface area contributed by atoms with Gasteiger partial charge < -0.3 is 4.74 Å². The maximum atomic E-state index is 12.0. The van der Waals surface area contributed by atoms with E-state index >= 15 is 0 Å². The number of fused-ring (bicyclic) bond motifs is 1. The Kier molecular flexibility index (Phi) is 3.55. The SMILES string of the molecule is CC(C)(C)OC(=O)n1ccc2c(I)c(Cl)cnc21. The molecule has 0 amide bonds. The van der Waals surface area contributed by atoms with Gasteiger partial charge in [-0.1, -0.05) is 11.6 Å². The van der Waals surface area contributed by atoms with Crippen molar-refractivity contribution in [3.63, 3.8) is 0 Å². The summed E-state index contributed by atoms with van der Waals surface area (Å²) in [5, 5.41) is 1.42. The fourth-order valence-electron chi connectivity index (χ4n) is 1.49. The Morgan fingerprint density at radius 1 is 1.50 bits per heavy atom. The molecule has 6 heteroatoms. The Balaban J connectivity index is 2.48. The Labute approximate surface area is 123 Å². The van der Waals surface area contributed by atoms with Crippen LogP contribution in [0.4, 0.5) is 4.79 Å². The molecular formula is C12H12ClIN2O2. The van der Waals surface area contributed by atoms with E-state index in [9.17, 15) is 4.79 Å². The number of aromatic nitrogens is 2. The minimum Gasteiger partial charge on any atom is -0.443 e. The highest BCUT2D eigenvalue weighted by molar-refractivity contribution is 14.1. The molecule has 4 nitrogen and oxygen atoms in total. The van der Waals surface area contributed by atoms with Crippen LogP contribution in [0.15, 0.2) is 18.5 Å². The lowest BCUT2D eigenvalue weighted by atomic mass is 10.2. The molecule has 0 saturated heterocycles. The van der Waals surface area contributed by atoms with Crippen LogP contribution >= 0.6 is 34.2 Å². The van der Waals surface area contributed by atoms with Crippen molar-refractivity contribution in [2.24, 2.45) is 0 Å². The molecule has 0 N–H and O–H groups in total. The maximum absolute atomic E-state index is 12.0. The van der Waals surface area contributed by atoms with Crippen LogP contribution in [-0.4, -0.2) is 21.2 Å². The molecule has 0 aliphatic heterocycles. The second-order valence-corrected chi connectivity index (χ2v) is 6.31. The summed E-state index contributed by atoms with van der Waals surface area (Å²) in [4.78, 5) is 16.2. The third-order valence-electron chi connectivity index (χ3n) is 2.20. The van der Waals surface area contributed by atoms with Crippen molar-refractivity contribution >= 4 is 51.3 Å². The highest BCUT2D eigenvalue weighted by atomic mass is 127. The molecule has 2 aromatic rings. The lowest BCUT2D eigenvalue weighted by molar-refractivity contribution is 0.0543. The quantitative estimate of drug-likeness (QED) is 0.649. The molecule has 0 saturated carbocycles. The molecule has 2 heterocycles. The van der Waals surface area contributed by atoms with Crippen molar-refractivity contribution in [1.29, 1.82) is 0 Å². The lowest BCUT2D eigenvalue weighted by Gasteiger charge is -2.19. The zero-order chi connectivity index (χ0) is 13.5. The van der Waals surface area contributed by atoms with Crippen LogP contribution < -0.4 is 0 Å². The third kappa shape index (κ3) is 2.61. The number of hydrogen-bond donors (Lipinski definition) is 0. The Bertz CT molecular complexity index is 616. The first kappa shape index (κ1) is 13.6. The van der Waals surface area contributed by atoms with Crippen LogP contribution in [-0.2, 0) is 4.74 Å². The normalized spacial score (nSPS) is 11.8. The van der Waals surface area contributed by atoms with Gasteiger partial charge in [0.1, 0.15) is 5.60 Å². The van der Waals surface area contributed by atoms with Crippen LogP contribution in [0.3, 0.4) is 0 Å². The van der Waals surface area contributed by atoms with Crippen LogP contribution in [0.25, 0.3) is 11.0 Å². The number of carbonyl (C=O) groups is 1. The summed E-state index contributed by atoms with van der Waals surface area (Å²) in [6.07, 6.45) is 2.74. The van der Waals surface area contributed by atoms with Gasteiger partial charge in [0.2, 0.25) is 0 Å². The number of rotatable bonds is 0. The maximum Gasteiger partial charge on any atom is 0.420 e. The van der Waals surface area contributed by atoms with E-state index in [1.54, 1.807) is 12.3 Å². The number of pyridine rings is 1. The lowest BCUT2D eigenvalue weighted by Crippen LogP contribution is -2.26. The average Bonchev–Trinajstić information content (AvgIpc) is 2.65. The van der Waals surface area contributed by atoms with E-state index < -0.39 is 11.7 Å². The summed E-state index contributed by atoms with van der Waals surface area (Å²) in [5.74, 6) is 0. The first-order valence-electron chi connectivity index (χ1n) is 5.34. The largest absolute Gasteiger partial charge is 0.443 e. The first-order chi connectivity index (χ1) is 8.29. The molecule has 0 aliphatic rings. The van der Waals surface area contributed by atoms with Gasteiger partial charge in [-0.3, -0.25) is 0 Å². The predicted octanol–water partition coefficient (Wildman–Crippen LogP) is 4.08. The smallest absolute Gasteiger partial charge is 0.420 e. The van der Waals surface area contributed by atoms with Gasteiger partial charge in [-0.2, -0.15) is 0 Å². The van der Waals surface area contributed by atoms with Gasteiger partial charge in [0, 0.05) is 21.4 Å². The molecule has 96 valence electrons. The number of nitrogens with zero attached hydrogens (tertiary/aromatic N) is 2. The first-order valence-corrected chi connectivity index (χ1v) is 6.79. The number of ether oxygens (including phenoxy) is 1. The van der Waals surface area contributed by atoms with E-state index in [-0.39, 0.29) is 0 Å². The fourth-order valence-corrected chi connectivity index (χ4v) is 2.20. The standard InChI is InChI=1S/C12H12ClIN2O2/c1-12(2,3)18-11(17)16-5-4-7-9(14)8(13)6-15-10(7)16/h4-6H,1-3H3. The molecule has 0 aromatic carbocycles. The molecule has 0 fully saturated rings. The summed E-state index contributed by atoms with van der Waals surface area (Å²) in [6.45, 7) is 5.47. The molecule has 18 heavy (non-hydrogen) atoms. The van der Waals surface area contributed by atoms with Gasteiger partial charge in [-0.05, 0) is 49.4 Å². The number of hydrogen-bond acceptors (Lipinski definition) is 3. The van der Waals surface area contributed by atoms with Gasteiger partial charge in [-0.25, -0.2) is 14.3 Å². The van der Waals surface area contributed by atoms with Gasteiger partial charge in [-0.15, -0.1) is 0 Å². The summed E-state index contributed by atoms with van der Waals surface area (Å²) in [7, 11) is 0. The van der Waals surface area contributed by atoms with Crippen molar-refractivity contribution in [3.8, 4) is 0 Å². The number of halogens is 2. The van der Waals surface area contributed by atoms with Gasteiger partial charge >= 0.3 is 6.09 Å². The van der Waals surface area contributed by atoms with Crippen molar-refractivity contribution in [3.05, 3.63) is 27.1 Å². The van der Waals surface area contributed by atoms with Crippen molar-refractivity contribution in [2.45, 2.75) is 26.4 Å². The molecule has 0 atom stereocenters. The Morgan fingerprint density at radius 2 is 2.17 bits per heavy atom. The summed E-state index contributed by atoms with van der Waals surface area (Å²) in [6, 6.07) is 1.81. The number of carbonyl (C=O) groups excluding carboxylic acids is 1. The van der Waals surface area contributed by atoms with Crippen LogP contribution in [0.1, 0.15) is 20.8 Å². The third-order valence-corrected chi connectivity index (χ3v) is 3.96. The van der Waals surface area contributed by atoms with Crippen LogP contribution in [0.5, 0.6) is 0 Å². The highest BCUT2D eigenvalue weighted by Gasteiger charge is 2.20. The topological polar surface area (TPSA) is 44.1 Å². The molecule has 2 rings (SSSR count). The van der Waals surface area contributed by atoms with E-state index in [0.29, 0.717) is 10.7 Å².